The predicted octanol–water partition coefficient (Wildman–Crippen LogP) is 3.97. The van der Waals surface area contributed by atoms with Crippen LogP contribution in [0.15, 0.2) is 34.9 Å². The van der Waals surface area contributed by atoms with Gasteiger partial charge in [0.05, 0.1) is 6.26 Å². The topological polar surface area (TPSA) is 34.4 Å². The smallest absolute Gasteiger partial charge is 0.146 e. The molecular formula is C17H23NO2. The first-order valence-electron chi connectivity index (χ1n) is 7.05. The number of rotatable bonds is 6. The van der Waals surface area contributed by atoms with Crippen LogP contribution in [0.2, 0.25) is 0 Å². The van der Waals surface area contributed by atoms with Crippen LogP contribution < -0.4 is 10.1 Å². The molecule has 0 spiro atoms. The van der Waals surface area contributed by atoms with Gasteiger partial charge < -0.3 is 14.5 Å². The molecule has 0 radical (unpaired) electrons. The Labute approximate surface area is 121 Å². The van der Waals surface area contributed by atoms with Crippen molar-refractivity contribution in [2.45, 2.75) is 46.9 Å². The number of benzene rings is 1. The van der Waals surface area contributed by atoms with E-state index >= 15 is 0 Å². The number of furan rings is 1. The van der Waals surface area contributed by atoms with Crippen molar-refractivity contribution in [1.29, 1.82) is 0 Å². The largest absolute Gasteiger partial charge is 0.486 e. The van der Waals surface area contributed by atoms with Crippen molar-refractivity contribution in [1.82, 2.24) is 5.32 Å². The predicted molar refractivity (Wildman–Crippen MR) is 80.9 cm³/mol. The molecular weight excluding hydrogens is 250 g/mol. The molecule has 0 bridgehead atoms. The van der Waals surface area contributed by atoms with Crippen LogP contribution in [0.1, 0.15) is 36.3 Å². The molecule has 2 aromatic rings. The molecule has 0 amide bonds. The summed E-state index contributed by atoms with van der Waals surface area (Å²) in [6, 6.07) is 8.59. The Morgan fingerprint density at radius 1 is 1.15 bits per heavy atom. The zero-order valence-corrected chi connectivity index (χ0v) is 12.7. The highest BCUT2D eigenvalue weighted by molar-refractivity contribution is 5.34. The summed E-state index contributed by atoms with van der Waals surface area (Å²) in [5.74, 6) is 1.77. The minimum atomic E-state index is 0.457. The van der Waals surface area contributed by atoms with E-state index in [4.69, 9.17) is 9.15 Å². The lowest BCUT2D eigenvalue weighted by molar-refractivity contribution is 0.267. The summed E-state index contributed by atoms with van der Waals surface area (Å²) in [7, 11) is 0. The zero-order valence-electron chi connectivity index (χ0n) is 12.7. The molecule has 0 aliphatic heterocycles. The molecule has 0 aliphatic rings. The van der Waals surface area contributed by atoms with Gasteiger partial charge in [-0.2, -0.15) is 0 Å². The zero-order chi connectivity index (χ0) is 14.5. The molecule has 108 valence electrons. The molecule has 0 fully saturated rings. The first-order chi connectivity index (χ1) is 9.56. The number of ether oxygens (including phenoxy) is 1. The number of aryl methyl sites for hydroxylation is 2. The van der Waals surface area contributed by atoms with E-state index in [2.05, 4.69) is 45.1 Å². The molecule has 1 N–H and O–H groups in total. The van der Waals surface area contributed by atoms with E-state index in [1.165, 1.54) is 11.1 Å². The van der Waals surface area contributed by atoms with Gasteiger partial charge >= 0.3 is 0 Å². The maximum atomic E-state index is 5.81. The third-order valence-corrected chi connectivity index (χ3v) is 3.39. The van der Waals surface area contributed by atoms with Gasteiger partial charge in [-0.1, -0.05) is 19.9 Å². The van der Waals surface area contributed by atoms with Crippen LogP contribution in [0.3, 0.4) is 0 Å². The lowest BCUT2D eigenvalue weighted by atomic mass is 10.1. The lowest BCUT2D eigenvalue weighted by Gasteiger charge is -2.10. The van der Waals surface area contributed by atoms with Crippen molar-refractivity contribution in [2.24, 2.45) is 0 Å². The molecule has 0 unspecified atom stereocenters. The Balaban J connectivity index is 1.96. The van der Waals surface area contributed by atoms with Gasteiger partial charge in [0.15, 0.2) is 0 Å². The number of hydrogen-bond donors (Lipinski definition) is 1. The Kier molecular flexibility index (Phi) is 4.85. The van der Waals surface area contributed by atoms with E-state index in [1.54, 1.807) is 6.26 Å². The minimum Gasteiger partial charge on any atom is -0.486 e. The van der Waals surface area contributed by atoms with Crippen LogP contribution in [0, 0.1) is 13.8 Å². The molecule has 1 aromatic heterocycles. The van der Waals surface area contributed by atoms with E-state index in [0.29, 0.717) is 12.6 Å². The van der Waals surface area contributed by atoms with Crippen LogP contribution in [0.5, 0.6) is 5.75 Å². The number of hydrogen-bond acceptors (Lipinski definition) is 3. The Morgan fingerprint density at radius 2 is 1.95 bits per heavy atom. The van der Waals surface area contributed by atoms with Crippen LogP contribution in [0.4, 0.5) is 0 Å². The van der Waals surface area contributed by atoms with E-state index in [-0.39, 0.29) is 0 Å². The number of nitrogens with one attached hydrogen (secondary N) is 1. The van der Waals surface area contributed by atoms with Gasteiger partial charge in [-0.15, -0.1) is 0 Å². The second kappa shape index (κ2) is 6.62. The summed E-state index contributed by atoms with van der Waals surface area (Å²) in [5, 5.41) is 3.39. The summed E-state index contributed by atoms with van der Waals surface area (Å²) in [4.78, 5) is 0. The van der Waals surface area contributed by atoms with Crippen molar-refractivity contribution in [3.8, 4) is 5.75 Å². The first kappa shape index (κ1) is 14.7. The van der Waals surface area contributed by atoms with Crippen LogP contribution in [-0.4, -0.2) is 6.04 Å². The van der Waals surface area contributed by atoms with Gasteiger partial charge in [-0.25, -0.2) is 0 Å². The molecule has 0 atom stereocenters. The minimum absolute atomic E-state index is 0.457. The highest BCUT2D eigenvalue weighted by Gasteiger charge is 2.08. The monoisotopic (exact) mass is 273 g/mol. The normalized spacial score (nSPS) is 11.1. The molecule has 1 heterocycles. The van der Waals surface area contributed by atoms with Crippen molar-refractivity contribution >= 4 is 0 Å². The standard InChI is InChI=1S/C17H23NO2/c1-12(2)18-10-15-7-8-19-17(15)11-20-16-6-5-13(3)14(4)9-16/h5-9,12,18H,10-11H2,1-4H3. The third-order valence-electron chi connectivity index (χ3n) is 3.39. The van der Waals surface area contributed by atoms with E-state index in [9.17, 15) is 0 Å². The fourth-order valence-corrected chi connectivity index (χ4v) is 1.92. The molecule has 0 aliphatic carbocycles. The molecule has 0 saturated carbocycles. The molecule has 0 saturated heterocycles. The van der Waals surface area contributed by atoms with Crippen molar-refractivity contribution in [2.75, 3.05) is 0 Å². The van der Waals surface area contributed by atoms with Gasteiger partial charge in [-0.3, -0.25) is 0 Å². The summed E-state index contributed by atoms with van der Waals surface area (Å²) < 4.78 is 11.3. The average molecular weight is 273 g/mol. The van der Waals surface area contributed by atoms with E-state index in [0.717, 1.165) is 23.6 Å². The highest BCUT2D eigenvalue weighted by Crippen LogP contribution is 2.19. The first-order valence-corrected chi connectivity index (χ1v) is 7.05. The fraction of sp³-hybridized carbons (Fsp3) is 0.412. The van der Waals surface area contributed by atoms with Crippen molar-refractivity contribution in [3.63, 3.8) is 0 Å². The molecule has 3 heteroatoms. The summed E-state index contributed by atoms with van der Waals surface area (Å²) in [5.41, 5.74) is 3.67. The van der Waals surface area contributed by atoms with Gasteiger partial charge in [-0.05, 0) is 43.2 Å². The van der Waals surface area contributed by atoms with Crippen molar-refractivity contribution < 1.29 is 9.15 Å². The Bertz CT molecular complexity index is 558. The molecule has 20 heavy (non-hydrogen) atoms. The maximum absolute atomic E-state index is 5.81. The molecule has 3 nitrogen and oxygen atoms in total. The van der Waals surface area contributed by atoms with Gasteiger partial charge in [0.25, 0.3) is 0 Å². The van der Waals surface area contributed by atoms with Crippen LogP contribution in [0.25, 0.3) is 0 Å². The van der Waals surface area contributed by atoms with Crippen molar-refractivity contribution in [3.05, 3.63) is 53.0 Å². The van der Waals surface area contributed by atoms with E-state index in [1.807, 2.05) is 12.1 Å². The quantitative estimate of drug-likeness (QED) is 0.864. The Hall–Kier alpha value is -1.74. The second-order valence-electron chi connectivity index (χ2n) is 5.44. The van der Waals surface area contributed by atoms with Gasteiger partial charge in [0.1, 0.15) is 18.1 Å². The fourth-order valence-electron chi connectivity index (χ4n) is 1.92. The Morgan fingerprint density at radius 3 is 2.65 bits per heavy atom. The summed E-state index contributed by atoms with van der Waals surface area (Å²) >= 11 is 0. The highest BCUT2D eigenvalue weighted by atomic mass is 16.5. The van der Waals surface area contributed by atoms with Crippen LogP contribution in [-0.2, 0) is 13.2 Å². The summed E-state index contributed by atoms with van der Waals surface area (Å²) in [6.45, 7) is 9.72. The van der Waals surface area contributed by atoms with E-state index < -0.39 is 0 Å². The van der Waals surface area contributed by atoms with Gasteiger partial charge in [0.2, 0.25) is 0 Å². The SMILES string of the molecule is Cc1ccc(OCc2occc2CNC(C)C)cc1C. The summed E-state index contributed by atoms with van der Waals surface area (Å²) in [6.07, 6.45) is 1.72. The molecule has 2 rings (SSSR count). The lowest BCUT2D eigenvalue weighted by Crippen LogP contribution is -2.22. The second-order valence-corrected chi connectivity index (χ2v) is 5.44. The maximum Gasteiger partial charge on any atom is 0.146 e. The average Bonchev–Trinajstić information content (AvgIpc) is 2.85. The van der Waals surface area contributed by atoms with Gasteiger partial charge in [0, 0.05) is 18.2 Å². The third kappa shape index (κ3) is 3.87. The van der Waals surface area contributed by atoms with Crippen LogP contribution >= 0.6 is 0 Å². The molecule has 1 aromatic carbocycles.